The predicted octanol–water partition coefficient (Wildman–Crippen LogP) is 4.72. The first-order chi connectivity index (χ1) is 30.0. The van der Waals surface area contributed by atoms with Crippen LogP contribution in [0, 0.1) is 5.92 Å². The maximum absolute atomic E-state index is 12.5. The number of ketones is 3. The first-order valence-electron chi connectivity index (χ1n) is 23.1. The zero-order valence-corrected chi connectivity index (χ0v) is 37.7. The van der Waals surface area contributed by atoms with E-state index in [0.29, 0.717) is 38.8 Å². The molecule has 0 aliphatic carbocycles. The summed E-state index contributed by atoms with van der Waals surface area (Å²) in [5.74, 6) is -3.56. The maximum Gasteiger partial charge on any atom is 0.306 e. The van der Waals surface area contributed by atoms with Crippen LogP contribution in [-0.4, -0.2) is 142 Å². The molecule has 0 aromatic carbocycles. The molecule has 17 nitrogen and oxygen atoms in total. The molecule has 0 aromatic rings. The Morgan fingerprint density at radius 3 is 1.48 bits per heavy atom. The third-order valence-corrected chi connectivity index (χ3v) is 10.3. The van der Waals surface area contributed by atoms with Crippen LogP contribution < -0.4 is 16.0 Å². The van der Waals surface area contributed by atoms with E-state index in [2.05, 4.69) is 16.0 Å². The molecule has 6 N–H and O–H groups in total. The molecule has 0 fully saturated rings. The van der Waals surface area contributed by atoms with E-state index in [1.54, 1.807) is 7.05 Å². The van der Waals surface area contributed by atoms with E-state index in [0.717, 1.165) is 51.4 Å². The molecule has 0 unspecified atom stereocenters. The van der Waals surface area contributed by atoms with Gasteiger partial charge in [-0.2, -0.15) is 0 Å². The number of carboxylic acid groups (broad SMARTS) is 2. The predicted molar refractivity (Wildman–Crippen MR) is 234 cm³/mol. The third kappa shape index (κ3) is 39.5. The summed E-state index contributed by atoms with van der Waals surface area (Å²) in [5.41, 5.74) is 0. The molecule has 62 heavy (non-hydrogen) atoms. The molecule has 0 radical (unpaired) electrons. The van der Waals surface area contributed by atoms with Crippen LogP contribution in [0.4, 0.5) is 0 Å². The van der Waals surface area contributed by atoms with Crippen molar-refractivity contribution in [1.82, 2.24) is 16.0 Å². The number of aliphatic carboxylic acids is 2. The first kappa shape index (κ1) is 58.6. The fraction of sp³-hybridized carbons (Fsp3) is 0.844. The zero-order chi connectivity index (χ0) is 45.9. The van der Waals surface area contributed by atoms with E-state index in [1.807, 2.05) is 0 Å². The van der Waals surface area contributed by atoms with Gasteiger partial charge in [-0.05, 0) is 52.0 Å². The number of hydrogen-bond acceptors (Lipinski definition) is 13. The van der Waals surface area contributed by atoms with Crippen molar-refractivity contribution in [2.75, 3.05) is 79.6 Å². The van der Waals surface area contributed by atoms with Crippen molar-refractivity contribution in [2.45, 2.75) is 160 Å². The lowest BCUT2D eigenvalue weighted by atomic mass is 9.93. The summed E-state index contributed by atoms with van der Waals surface area (Å²) in [6.45, 7) is 1.49. The normalized spacial score (nSPS) is 12.2. The first-order valence-corrected chi connectivity index (χ1v) is 23.1. The van der Waals surface area contributed by atoms with Crippen molar-refractivity contribution >= 4 is 41.1 Å². The van der Waals surface area contributed by atoms with Crippen LogP contribution in [0.2, 0.25) is 0 Å². The van der Waals surface area contributed by atoms with E-state index in [9.17, 15) is 38.7 Å². The Morgan fingerprint density at radius 1 is 0.484 bits per heavy atom. The van der Waals surface area contributed by atoms with Crippen LogP contribution in [0.3, 0.4) is 0 Å². The second-order valence-corrected chi connectivity index (χ2v) is 15.8. The summed E-state index contributed by atoms with van der Waals surface area (Å²) < 4.78 is 21.4. The fourth-order valence-electron chi connectivity index (χ4n) is 6.65. The van der Waals surface area contributed by atoms with Gasteiger partial charge >= 0.3 is 11.9 Å². The highest BCUT2D eigenvalue weighted by Crippen LogP contribution is 2.18. The largest absolute Gasteiger partial charge is 0.481 e. The zero-order valence-electron chi connectivity index (χ0n) is 37.7. The van der Waals surface area contributed by atoms with Crippen LogP contribution in [-0.2, 0) is 52.5 Å². The van der Waals surface area contributed by atoms with Gasteiger partial charge in [-0.3, -0.25) is 33.6 Å². The summed E-state index contributed by atoms with van der Waals surface area (Å²) in [7, 11) is 1.67. The summed E-state index contributed by atoms with van der Waals surface area (Å²) in [6, 6.07) is -0.384. The average molecular weight is 888 g/mol. The molecule has 2 amide bonds. The molecule has 0 aromatic heterocycles. The van der Waals surface area contributed by atoms with Crippen molar-refractivity contribution in [2.24, 2.45) is 5.92 Å². The highest BCUT2D eigenvalue weighted by Gasteiger charge is 2.22. The minimum atomic E-state index is -1.05. The highest BCUT2D eigenvalue weighted by molar-refractivity contribution is 5.85. The van der Waals surface area contributed by atoms with Gasteiger partial charge in [-0.25, -0.2) is 0 Å². The fourth-order valence-corrected chi connectivity index (χ4v) is 6.65. The van der Waals surface area contributed by atoms with Crippen LogP contribution >= 0.6 is 0 Å². The number of amides is 2. The standard InChI is InChI=1S/C45H81N3O14/c1-46-40(41(52)34-49)21-16-17-25-47-42(53)35-62-32-30-60-28-26-48-43(54)36-61-31-29-59-27-18-20-38(50)24-23-37(45(57)58)33-39(51)19-14-12-10-8-6-4-2-3-5-7-9-11-13-15-22-44(55)56/h37,40,46,49H,2-36H2,1H3,(H,47,53)(H,48,54)(H,55,56)(H,57,58)/t37-,40+/m1/s1. The number of rotatable bonds is 48. The number of ether oxygens (including phenoxy) is 4. The molecule has 0 aliphatic heterocycles. The second kappa shape index (κ2) is 42.9. The van der Waals surface area contributed by atoms with Gasteiger partial charge in [0, 0.05) is 51.8 Å². The molecule has 0 saturated carbocycles. The Balaban J connectivity index is 3.66. The molecule has 0 heterocycles. The number of carbonyl (C=O) groups is 7. The van der Waals surface area contributed by atoms with Gasteiger partial charge in [0.1, 0.15) is 31.4 Å². The van der Waals surface area contributed by atoms with Crippen LogP contribution in [0.5, 0.6) is 0 Å². The highest BCUT2D eigenvalue weighted by atomic mass is 16.5. The van der Waals surface area contributed by atoms with Gasteiger partial charge in [0.15, 0.2) is 5.78 Å². The number of likely N-dealkylation sites (N-methyl/N-ethyl adjacent to an activating group) is 1. The van der Waals surface area contributed by atoms with Gasteiger partial charge < -0.3 is 50.2 Å². The Hall–Kier alpha value is -3.35. The number of hydrogen-bond donors (Lipinski definition) is 6. The van der Waals surface area contributed by atoms with E-state index in [-0.39, 0.29) is 120 Å². The van der Waals surface area contributed by atoms with Crippen LogP contribution in [0.25, 0.3) is 0 Å². The van der Waals surface area contributed by atoms with Crippen molar-refractivity contribution in [1.29, 1.82) is 0 Å². The lowest BCUT2D eigenvalue weighted by molar-refractivity contribution is -0.144. The lowest BCUT2D eigenvalue weighted by Crippen LogP contribution is -2.36. The van der Waals surface area contributed by atoms with Gasteiger partial charge in [0.25, 0.3) is 0 Å². The smallest absolute Gasteiger partial charge is 0.306 e. The Morgan fingerprint density at radius 2 is 0.968 bits per heavy atom. The average Bonchev–Trinajstić information content (AvgIpc) is 3.24. The lowest BCUT2D eigenvalue weighted by Gasteiger charge is -2.13. The summed E-state index contributed by atoms with van der Waals surface area (Å²) in [4.78, 5) is 82.3. The molecule has 0 aliphatic rings. The molecule has 0 saturated heterocycles. The van der Waals surface area contributed by atoms with E-state index in [1.165, 1.54) is 44.9 Å². The maximum atomic E-state index is 12.5. The molecular formula is C45H81N3O14. The van der Waals surface area contributed by atoms with Gasteiger partial charge in [0.2, 0.25) is 11.8 Å². The minimum absolute atomic E-state index is 0.0419. The number of carboxylic acids is 2. The number of nitrogens with one attached hydrogen (secondary N) is 3. The second-order valence-electron chi connectivity index (χ2n) is 15.8. The number of aliphatic hydroxyl groups is 1. The number of unbranched alkanes of at least 4 members (excludes halogenated alkanes) is 14. The molecule has 2 atom stereocenters. The van der Waals surface area contributed by atoms with Crippen molar-refractivity contribution in [3.05, 3.63) is 0 Å². The van der Waals surface area contributed by atoms with E-state index < -0.39 is 24.5 Å². The summed E-state index contributed by atoms with van der Waals surface area (Å²) in [6.07, 6.45) is 18.9. The monoisotopic (exact) mass is 888 g/mol. The van der Waals surface area contributed by atoms with Crippen molar-refractivity contribution in [3.63, 3.8) is 0 Å². The van der Waals surface area contributed by atoms with Crippen molar-refractivity contribution in [3.8, 4) is 0 Å². The Kier molecular flexibility index (Phi) is 40.6. The van der Waals surface area contributed by atoms with Gasteiger partial charge in [-0.15, -0.1) is 0 Å². The van der Waals surface area contributed by atoms with Crippen LogP contribution in [0.15, 0.2) is 0 Å². The molecule has 360 valence electrons. The minimum Gasteiger partial charge on any atom is -0.481 e. The number of Topliss-reactive ketones (excluding diaryl/α,β-unsaturated/α-hetero) is 3. The topological polar surface area (TPSA) is 253 Å². The number of carbonyl (C=O) groups excluding carboxylic acids is 5. The summed E-state index contributed by atoms with van der Waals surface area (Å²) >= 11 is 0. The van der Waals surface area contributed by atoms with E-state index in [4.69, 9.17) is 29.2 Å². The van der Waals surface area contributed by atoms with Gasteiger partial charge in [0.05, 0.1) is 45.0 Å². The summed E-state index contributed by atoms with van der Waals surface area (Å²) in [5, 5.41) is 35.5. The Labute approximate surface area is 369 Å². The quantitative estimate of drug-likeness (QED) is 0.0452. The molecule has 0 rings (SSSR count). The number of aliphatic hydroxyl groups excluding tert-OH is 1. The molecule has 17 heteroatoms. The Bertz CT molecular complexity index is 1200. The molecular weight excluding hydrogens is 807 g/mol. The third-order valence-electron chi connectivity index (χ3n) is 10.3. The van der Waals surface area contributed by atoms with Crippen LogP contribution in [0.1, 0.15) is 154 Å². The molecule has 0 bridgehead atoms. The van der Waals surface area contributed by atoms with E-state index >= 15 is 0 Å². The SMILES string of the molecule is CN[C@@H](CCCCNC(=O)COCCOCCNC(=O)COCCOCCCC(=O)CC[C@H](CC(=O)CCCCCCCCCCCCCCCCC(=O)O)C(=O)O)C(=O)CO. The van der Waals surface area contributed by atoms with Crippen molar-refractivity contribution < 1.29 is 67.8 Å². The van der Waals surface area contributed by atoms with Gasteiger partial charge in [-0.1, -0.05) is 77.0 Å². The molecule has 0 spiro atoms.